The number of hydrogen-bond donors (Lipinski definition) is 2. The fourth-order valence-corrected chi connectivity index (χ4v) is 3.56. The molecular weight excluding hydrogens is 312 g/mol. The Hall–Kier alpha value is -2.53. The van der Waals surface area contributed by atoms with Gasteiger partial charge in [-0.2, -0.15) is 0 Å². The van der Waals surface area contributed by atoms with Gasteiger partial charge >= 0.3 is 0 Å². The molecule has 0 aliphatic heterocycles. The number of benzene rings is 1. The van der Waals surface area contributed by atoms with Gasteiger partial charge in [-0.05, 0) is 56.4 Å². The van der Waals surface area contributed by atoms with Gasteiger partial charge in [0.05, 0.1) is 17.7 Å². The number of rotatable bonds is 4. The largest absolute Gasteiger partial charge is 0.393 e. The van der Waals surface area contributed by atoms with E-state index in [1.54, 1.807) is 0 Å². The van der Waals surface area contributed by atoms with E-state index in [0.717, 1.165) is 40.7 Å². The van der Waals surface area contributed by atoms with Gasteiger partial charge in [0.2, 0.25) is 5.95 Å². The van der Waals surface area contributed by atoms with E-state index in [-0.39, 0.29) is 12.1 Å². The van der Waals surface area contributed by atoms with Crippen molar-refractivity contribution in [1.29, 1.82) is 0 Å². The maximum atomic E-state index is 9.77. The highest BCUT2D eigenvalue weighted by atomic mass is 16.3. The first-order chi connectivity index (χ1) is 12.1. The summed E-state index contributed by atoms with van der Waals surface area (Å²) in [4.78, 5) is 13.6. The van der Waals surface area contributed by atoms with Crippen molar-refractivity contribution in [2.24, 2.45) is 5.92 Å². The van der Waals surface area contributed by atoms with Crippen LogP contribution in [0.25, 0.3) is 10.9 Å². The number of nitrogens with one attached hydrogen (secondary N) is 1. The highest BCUT2D eigenvalue weighted by Gasteiger charge is 2.35. The lowest BCUT2D eigenvalue weighted by Gasteiger charge is -2.38. The van der Waals surface area contributed by atoms with Crippen LogP contribution in [0.1, 0.15) is 35.8 Å². The quantitative estimate of drug-likeness (QED) is 0.763. The third kappa shape index (κ3) is 3.33. The van der Waals surface area contributed by atoms with E-state index in [9.17, 15) is 5.11 Å². The molecule has 2 N–H and O–H groups in total. The fraction of sp³-hybridized carbons (Fsp3) is 0.350. The molecule has 0 radical (unpaired) electrons. The number of pyridine rings is 1. The predicted octanol–water partition coefficient (Wildman–Crippen LogP) is 3.57. The van der Waals surface area contributed by atoms with Gasteiger partial charge in [0.1, 0.15) is 0 Å². The van der Waals surface area contributed by atoms with Crippen LogP contribution in [-0.2, 0) is 0 Å². The number of aliphatic hydroxyl groups excluding tert-OH is 1. The number of nitrogens with zero attached hydrogens (tertiary/aromatic N) is 3. The Kier molecular flexibility index (Phi) is 4.09. The summed E-state index contributed by atoms with van der Waals surface area (Å²) >= 11 is 0. The molecule has 4 rings (SSSR count). The average Bonchev–Trinajstić information content (AvgIpc) is 2.56. The number of anilines is 1. The summed E-state index contributed by atoms with van der Waals surface area (Å²) in [6.07, 6.45) is 3.29. The Bertz CT molecular complexity index is 885. The lowest BCUT2D eigenvalue weighted by Crippen LogP contribution is -2.36. The van der Waals surface area contributed by atoms with Crippen LogP contribution in [0.2, 0.25) is 0 Å². The zero-order chi connectivity index (χ0) is 17.4. The number of fused-ring (bicyclic) bond motifs is 1. The van der Waals surface area contributed by atoms with E-state index >= 15 is 0 Å². The van der Waals surface area contributed by atoms with E-state index in [1.165, 1.54) is 0 Å². The molecule has 1 fully saturated rings. The summed E-state index contributed by atoms with van der Waals surface area (Å²) in [5.74, 6) is 0.986. The summed E-state index contributed by atoms with van der Waals surface area (Å²) in [6, 6.07) is 12.3. The summed E-state index contributed by atoms with van der Waals surface area (Å²) in [5.41, 5.74) is 3.98. The number of aromatic nitrogens is 3. The molecule has 1 atom stereocenters. The van der Waals surface area contributed by atoms with Gasteiger partial charge in [0, 0.05) is 23.0 Å². The van der Waals surface area contributed by atoms with Crippen molar-refractivity contribution in [2.75, 3.05) is 5.32 Å². The van der Waals surface area contributed by atoms with E-state index < -0.39 is 0 Å². The molecule has 5 heteroatoms. The van der Waals surface area contributed by atoms with Crippen LogP contribution in [0.5, 0.6) is 0 Å². The van der Waals surface area contributed by atoms with Gasteiger partial charge < -0.3 is 10.4 Å². The molecule has 0 unspecified atom stereocenters. The van der Waals surface area contributed by atoms with Gasteiger partial charge in [-0.1, -0.05) is 18.2 Å². The number of para-hydroxylation sites is 1. The standard InChI is InChI=1S/C20H22N4O/c1-12-7-13(2)23-20(22-12)24-19(15-9-17(25)10-15)16-8-14-5-3-4-6-18(14)21-11-16/h3-8,11,15,17,19,25H,9-10H2,1-2H3,(H,22,23,24)/t15?,17?,19-/m0/s1. The SMILES string of the molecule is Cc1cc(C)nc(N[C@H](c2cnc3ccccc3c2)C2CC(O)C2)n1. The Labute approximate surface area is 147 Å². The zero-order valence-corrected chi connectivity index (χ0v) is 14.5. The summed E-state index contributed by atoms with van der Waals surface area (Å²) in [7, 11) is 0. The van der Waals surface area contributed by atoms with Crippen LogP contribution >= 0.6 is 0 Å². The van der Waals surface area contributed by atoms with Crippen LogP contribution in [0, 0.1) is 19.8 Å². The average molecular weight is 334 g/mol. The molecule has 1 aromatic carbocycles. The van der Waals surface area contributed by atoms with E-state index in [0.29, 0.717) is 11.9 Å². The lowest BCUT2D eigenvalue weighted by molar-refractivity contribution is 0.0338. The maximum absolute atomic E-state index is 9.77. The first-order valence-electron chi connectivity index (χ1n) is 8.70. The first-order valence-corrected chi connectivity index (χ1v) is 8.70. The van der Waals surface area contributed by atoms with E-state index in [1.807, 2.05) is 44.3 Å². The van der Waals surface area contributed by atoms with Crippen LogP contribution in [0.15, 0.2) is 42.6 Å². The first kappa shape index (κ1) is 16.0. The van der Waals surface area contributed by atoms with Gasteiger partial charge in [-0.25, -0.2) is 9.97 Å². The smallest absolute Gasteiger partial charge is 0.223 e. The molecule has 5 nitrogen and oxygen atoms in total. The molecule has 0 saturated heterocycles. The van der Waals surface area contributed by atoms with Crippen molar-refractivity contribution >= 4 is 16.9 Å². The molecule has 25 heavy (non-hydrogen) atoms. The maximum Gasteiger partial charge on any atom is 0.223 e. The second kappa shape index (κ2) is 6.41. The monoisotopic (exact) mass is 334 g/mol. The molecular formula is C20H22N4O. The minimum absolute atomic E-state index is 0.0432. The Morgan fingerprint density at radius 1 is 1.08 bits per heavy atom. The predicted molar refractivity (Wildman–Crippen MR) is 98.3 cm³/mol. The van der Waals surface area contributed by atoms with Crippen molar-refractivity contribution in [3.05, 3.63) is 59.5 Å². The summed E-state index contributed by atoms with van der Waals surface area (Å²) in [6.45, 7) is 3.94. The number of aryl methyl sites for hydroxylation is 2. The Morgan fingerprint density at radius 2 is 1.80 bits per heavy atom. The van der Waals surface area contributed by atoms with Crippen molar-refractivity contribution in [3.63, 3.8) is 0 Å². The van der Waals surface area contributed by atoms with Crippen LogP contribution in [0.4, 0.5) is 5.95 Å². The lowest BCUT2D eigenvalue weighted by atomic mass is 9.75. The molecule has 1 aliphatic carbocycles. The normalized spacial score (nSPS) is 20.9. The number of hydrogen-bond acceptors (Lipinski definition) is 5. The van der Waals surface area contributed by atoms with Crippen LogP contribution in [-0.4, -0.2) is 26.2 Å². The van der Waals surface area contributed by atoms with Gasteiger partial charge in [-0.15, -0.1) is 0 Å². The Morgan fingerprint density at radius 3 is 2.52 bits per heavy atom. The Balaban J connectivity index is 1.69. The molecule has 1 aliphatic rings. The van der Waals surface area contributed by atoms with Gasteiger partial charge in [0.25, 0.3) is 0 Å². The summed E-state index contributed by atoms with van der Waals surface area (Å²) < 4.78 is 0. The number of aliphatic hydroxyl groups is 1. The third-order valence-corrected chi connectivity index (χ3v) is 4.86. The molecule has 128 valence electrons. The van der Waals surface area contributed by atoms with Crippen molar-refractivity contribution < 1.29 is 5.11 Å². The highest BCUT2D eigenvalue weighted by Crippen LogP contribution is 2.40. The molecule has 0 bridgehead atoms. The van der Waals surface area contributed by atoms with Crippen LogP contribution in [0.3, 0.4) is 0 Å². The molecule has 2 aromatic heterocycles. The summed E-state index contributed by atoms with van der Waals surface area (Å²) in [5, 5.41) is 14.4. The topological polar surface area (TPSA) is 70.9 Å². The van der Waals surface area contributed by atoms with Crippen molar-refractivity contribution in [2.45, 2.75) is 38.8 Å². The highest BCUT2D eigenvalue weighted by molar-refractivity contribution is 5.78. The van der Waals surface area contributed by atoms with E-state index in [2.05, 4.69) is 32.4 Å². The zero-order valence-electron chi connectivity index (χ0n) is 14.5. The molecule has 3 aromatic rings. The second-order valence-corrected chi connectivity index (χ2v) is 6.94. The second-order valence-electron chi connectivity index (χ2n) is 6.94. The van der Waals surface area contributed by atoms with E-state index in [4.69, 9.17) is 0 Å². The molecule has 0 spiro atoms. The third-order valence-electron chi connectivity index (χ3n) is 4.86. The van der Waals surface area contributed by atoms with Gasteiger partial charge in [0.15, 0.2) is 0 Å². The minimum Gasteiger partial charge on any atom is -0.393 e. The minimum atomic E-state index is -0.206. The van der Waals surface area contributed by atoms with Crippen LogP contribution < -0.4 is 5.32 Å². The van der Waals surface area contributed by atoms with Crippen molar-refractivity contribution in [3.8, 4) is 0 Å². The van der Waals surface area contributed by atoms with Gasteiger partial charge in [-0.3, -0.25) is 4.98 Å². The molecule has 1 saturated carbocycles. The molecule has 0 amide bonds. The molecule has 2 heterocycles. The fourth-order valence-electron chi connectivity index (χ4n) is 3.56. The van der Waals surface area contributed by atoms with Crippen molar-refractivity contribution in [1.82, 2.24) is 15.0 Å².